The first-order valence-electron chi connectivity index (χ1n) is 10.6. The fourth-order valence-corrected chi connectivity index (χ4v) is 4.17. The van der Waals surface area contributed by atoms with Gasteiger partial charge in [0.05, 0.1) is 18.0 Å². The maximum atomic E-state index is 12.6. The Balaban J connectivity index is 1.71. The Morgan fingerprint density at radius 3 is 2.42 bits per heavy atom. The Bertz CT molecular complexity index is 1000. The molecule has 2 N–H and O–H groups in total. The maximum Gasteiger partial charge on any atom is 0.242 e. The van der Waals surface area contributed by atoms with Crippen LogP contribution >= 0.6 is 0 Å². The molecule has 3 rings (SSSR count). The number of hydrogen-bond acceptors (Lipinski definition) is 4. The standard InChI is InChI=1S/C23H32N4O3S/c1-4-24-23(25-15-19-9-5-7-11-21(19)30-17-18-13-14-18)26-16-20-10-6-8-12-22(20)31(28,29)27(2)3/h5-12,18H,4,13-17H2,1-3H3,(H2,24,25,26). The molecule has 8 heteroatoms. The lowest BCUT2D eigenvalue weighted by Gasteiger charge is -2.17. The molecule has 0 aromatic heterocycles. The van der Waals surface area contributed by atoms with Crippen molar-refractivity contribution in [1.29, 1.82) is 0 Å². The van der Waals surface area contributed by atoms with Crippen molar-refractivity contribution in [2.75, 3.05) is 27.2 Å². The summed E-state index contributed by atoms with van der Waals surface area (Å²) >= 11 is 0. The number of nitrogens with one attached hydrogen (secondary N) is 2. The van der Waals surface area contributed by atoms with Crippen molar-refractivity contribution in [3.63, 3.8) is 0 Å². The zero-order chi connectivity index (χ0) is 22.3. The molecular formula is C23H32N4O3S. The molecule has 31 heavy (non-hydrogen) atoms. The summed E-state index contributed by atoms with van der Waals surface area (Å²) in [7, 11) is -0.449. The van der Waals surface area contributed by atoms with Gasteiger partial charge >= 0.3 is 0 Å². The first kappa shape index (κ1) is 23.1. The van der Waals surface area contributed by atoms with Gasteiger partial charge in [-0.15, -0.1) is 0 Å². The summed E-state index contributed by atoms with van der Waals surface area (Å²) < 4.78 is 32.4. The molecule has 1 saturated carbocycles. The highest BCUT2D eigenvalue weighted by Gasteiger charge is 2.22. The van der Waals surface area contributed by atoms with E-state index in [2.05, 4.69) is 15.6 Å². The topological polar surface area (TPSA) is 83.0 Å². The third-order valence-electron chi connectivity index (χ3n) is 5.07. The van der Waals surface area contributed by atoms with E-state index in [1.165, 1.54) is 31.2 Å². The highest BCUT2D eigenvalue weighted by molar-refractivity contribution is 7.89. The van der Waals surface area contributed by atoms with Crippen LogP contribution < -0.4 is 15.4 Å². The van der Waals surface area contributed by atoms with Crippen LogP contribution in [0.15, 0.2) is 58.4 Å². The number of ether oxygens (including phenoxy) is 1. The highest BCUT2D eigenvalue weighted by Crippen LogP contribution is 2.30. The molecule has 1 aliphatic rings. The van der Waals surface area contributed by atoms with Crippen LogP contribution in [-0.2, 0) is 23.1 Å². The zero-order valence-electron chi connectivity index (χ0n) is 18.5. The number of rotatable bonds is 10. The summed E-state index contributed by atoms with van der Waals surface area (Å²) in [6, 6.07) is 15.0. The van der Waals surface area contributed by atoms with Crippen molar-refractivity contribution < 1.29 is 13.2 Å². The molecule has 1 fully saturated rings. The Kier molecular flexibility index (Phi) is 7.92. The molecule has 0 amide bonds. The maximum absolute atomic E-state index is 12.6. The molecule has 168 valence electrons. The summed E-state index contributed by atoms with van der Waals surface area (Å²) in [6.45, 7) is 4.26. The predicted molar refractivity (Wildman–Crippen MR) is 124 cm³/mol. The molecule has 0 heterocycles. The average Bonchev–Trinajstić information content (AvgIpc) is 3.59. The van der Waals surface area contributed by atoms with Gasteiger partial charge in [0.1, 0.15) is 5.75 Å². The zero-order valence-corrected chi connectivity index (χ0v) is 19.3. The van der Waals surface area contributed by atoms with Gasteiger partial charge in [0.25, 0.3) is 0 Å². The van der Waals surface area contributed by atoms with Gasteiger partial charge in [-0.3, -0.25) is 0 Å². The van der Waals surface area contributed by atoms with Crippen LogP contribution in [-0.4, -0.2) is 45.9 Å². The third-order valence-corrected chi connectivity index (χ3v) is 6.99. The molecule has 7 nitrogen and oxygen atoms in total. The molecule has 0 bridgehead atoms. The van der Waals surface area contributed by atoms with Crippen LogP contribution in [0.2, 0.25) is 0 Å². The quantitative estimate of drug-likeness (QED) is 0.435. The Morgan fingerprint density at radius 2 is 1.74 bits per heavy atom. The van der Waals surface area contributed by atoms with Gasteiger partial charge in [-0.05, 0) is 43.4 Å². The number of nitrogens with zero attached hydrogens (tertiary/aromatic N) is 2. The first-order chi connectivity index (χ1) is 14.9. The molecule has 0 atom stereocenters. The third kappa shape index (κ3) is 6.45. The van der Waals surface area contributed by atoms with E-state index in [0.717, 1.165) is 17.9 Å². The van der Waals surface area contributed by atoms with Crippen LogP contribution in [0.4, 0.5) is 0 Å². The van der Waals surface area contributed by atoms with Gasteiger partial charge in [-0.2, -0.15) is 0 Å². The summed E-state index contributed by atoms with van der Waals surface area (Å²) in [5.74, 6) is 2.18. The molecule has 2 aromatic carbocycles. The van der Waals surface area contributed by atoms with Gasteiger partial charge in [-0.25, -0.2) is 17.7 Å². The number of sulfonamides is 1. The van der Waals surface area contributed by atoms with Crippen LogP contribution in [0.25, 0.3) is 0 Å². The lowest BCUT2D eigenvalue weighted by Crippen LogP contribution is -2.37. The minimum atomic E-state index is -3.52. The number of aliphatic imine (C=N–C) groups is 1. The van der Waals surface area contributed by atoms with Crippen molar-refractivity contribution in [2.45, 2.75) is 37.8 Å². The van der Waals surface area contributed by atoms with Gasteiger partial charge in [0.2, 0.25) is 10.0 Å². The summed E-state index contributed by atoms with van der Waals surface area (Å²) in [5.41, 5.74) is 1.71. The summed E-state index contributed by atoms with van der Waals surface area (Å²) in [4.78, 5) is 4.98. The summed E-state index contributed by atoms with van der Waals surface area (Å²) in [5, 5.41) is 6.48. The van der Waals surface area contributed by atoms with E-state index < -0.39 is 10.0 Å². The van der Waals surface area contributed by atoms with E-state index in [9.17, 15) is 8.42 Å². The van der Waals surface area contributed by atoms with Crippen LogP contribution in [0.3, 0.4) is 0 Å². The van der Waals surface area contributed by atoms with E-state index in [1.54, 1.807) is 12.1 Å². The Hall–Kier alpha value is -2.58. The highest BCUT2D eigenvalue weighted by atomic mass is 32.2. The van der Waals surface area contributed by atoms with Gasteiger partial charge in [0.15, 0.2) is 5.96 Å². The molecular weight excluding hydrogens is 412 g/mol. The number of para-hydroxylation sites is 1. The SMILES string of the molecule is CCNC(=NCc1ccccc1OCC1CC1)NCc1ccccc1S(=O)(=O)N(C)C. The van der Waals surface area contributed by atoms with Gasteiger partial charge in [0, 0.05) is 32.7 Å². The number of hydrogen-bond donors (Lipinski definition) is 2. The lowest BCUT2D eigenvalue weighted by molar-refractivity contribution is 0.297. The van der Waals surface area contributed by atoms with Crippen LogP contribution in [0.1, 0.15) is 30.9 Å². The van der Waals surface area contributed by atoms with Crippen molar-refractivity contribution >= 4 is 16.0 Å². The monoisotopic (exact) mass is 444 g/mol. The second-order valence-corrected chi connectivity index (χ2v) is 9.93. The largest absolute Gasteiger partial charge is 0.493 e. The average molecular weight is 445 g/mol. The molecule has 0 radical (unpaired) electrons. The minimum Gasteiger partial charge on any atom is -0.493 e. The Labute approximate surface area is 185 Å². The van der Waals surface area contributed by atoms with E-state index in [0.29, 0.717) is 42.0 Å². The molecule has 1 aliphatic carbocycles. The minimum absolute atomic E-state index is 0.294. The van der Waals surface area contributed by atoms with Crippen LogP contribution in [0, 0.1) is 5.92 Å². The van der Waals surface area contributed by atoms with Crippen LogP contribution in [0.5, 0.6) is 5.75 Å². The van der Waals surface area contributed by atoms with E-state index >= 15 is 0 Å². The van der Waals surface area contributed by atoms with Gasteiger partial charge < -0.3 is 15.4 Å². The number of benzene rings is 2. The van der Waals surface area contributed by atoms with E-state index in [1.807, 2.05) is 43.3 Å². The summed E-state index contributed by atoms with van der Waals surface area (Å²) in [6.07, 6.45) is 2.50. The number of guanidine groups is 1. The second kappa shape index (κ2) is 10.6. The molecule has 2 aromatic rings. The van der Waals surface area contributed by atoms with Crippen molar-refractivity contribution in [3.05, 3.63) is 59.7 Å². The first-order valence-corrected chi connectivity index (χ1v) is 12.1. The fourth-order valence-electron chi connectivity index (χ4n) is 3.05. The second-order valence-electron chi connectivity index (χ2n) is 7.81. The normalized spacial score (nSPS) is 14.5. The lowest BCUT2D eigenvalue weighted by atomic mass is 10.2. The molecule has 0 aliphatic heterocycles. The fraction of sp³-hybridized carbons (Fsp3) is 0.435. The van der Waals surface area contributed by atoms with E-state index in [4.69, 9.17) is 4.74 Å². The van der Waals surface area contributed by atoms with E-state index in [-0.39, 0.29) is 0 Å². The van der Waals surface area contributed by atoms with Crippen molar-refractivity contribution in [1.82, 2.24) is 14.9 Å². The molecule has 0 spiro atoms. The van der Waals surface area contributed by atoms with Gasteiger partial charge in [-0.1, -0.05) is 36.4 Å². The van der Waals surface area contributed by atoms with Crippen molar-refractivity contribution in [3.8, 4) is 5.75 Å². The molecule has 0 unspecified atom stereocenters. The smallest absolute Gasteiger partial charge is 0.242 e. The Morgan fingerprint density at radius 1 is 1.06 bits per heavy atom. The van der Waals surface area contributed by atoms with Crippen molar-refractivity contribution in [2.24, 2.45) is 10.9 Å². The predicted octanol–water partition coefficient (Wildman–Crippen LogP) is 2.98. The molecule has 0 saturated heterocycles.